The molecule has 0 aromatic heterocycles. The molecular weight excluding hydrogens is 199 g/mol. The lowest BCUT2D eigenvalue weighted by molar-refractivity contribution is -0.117. The van der Waals surface area contributed by atoms with Crippen LogP contribution in [-0.2, 0) is 9.53 Å². The van der Waals surface area contributed by atoms with Gasteiger partial charge in [0, 0.05) is 7.11 Å². The van der Waals surface area contributed by atoms with Gasteiger partial charge in [0.2, 0.25) is 5.91 Å². The van der Waals surface area contributed by atoms with Gasteiger partial charge in [-0.15, -0.1) is 0 Å². The van der Waals surface area contributed by atoms with Crippen molar-refractivity contribution < 1.29 is 13.9 Å². The molecule has 0 bridgehead atoms. The summed E-state index contributed by atoms with van der Waals surface area (Å²) in [5.74, 6) is -0.866. The van der Waals surface area contributed by atoms with E-state index < -0.39 is 5.82 Å². The van der Waals surface area contributed by atoms with Crippen molar-refractivity contribution in [1.82, 2.24) is 0 Å². The number of nitrogens with one attached hydrogen (secondary N) is 1. The third kappa shape index (κ3) is 3.21. The van der Waals surface area contributed by atoms with Crippen LogP contribution in [0.3, 0.4) is 0 Å². The van der Waals surface area contributed by atoms with Gasteiger partial charge in [0.25, 0.3) is 0 Å². The summed E-state index contributed by atoms with van der Waals surface area (Å²) in [4.78, 5) is 11.3. The first-order valence-electron chi connectivity index (χ1n) is 4.48. The van der Waals surface area contributed by atoms with E-state index in [9.17, 15) is 9.18 Å². The Hall–Kier alpha value is -1.62. The van der Waals surface area contributed by atoms with Crippen LogP contribution in [0.5, 0.6) is 0 Å². The third-order valence-electron chi connectivity index (χ3n) is 1.84. The zero-order valence-electron chi connectivity index (χ0n) is 8.42. The predicted octanol–water partition coefficient (Wildman–Crippen LogP) is 1.38. The number of nitrogen functional groups attached to an aromatic ring is 1. The number of hydrogen-bond acceptors (Lipinski definition) is 3. The molecule has 0 heterocycles. The minimum Gasteiger partial charge on any atom is -0.397 e. The molecule has 0 saturated heterocycles. The van der Waals surface area contributed by atoms with Crippen LogP contribution in [0.4, 0.5) is 15.8 Å². The molecule has 1 aromatic rings. The molecular formula is C10H13FN2O2. The van der Waals surface area contributed by atoms with Gasteiger partial charge in [-0.25, -0.2) is 4.39 Å². The topological polar surface area (TPSA) is 64.3 Å². The number of anilines is 2. The number of carbonyl (C=O) groups excluding carboxylic acids is 1. The van der Waals surface area contributed by atoms with Gasteiger partial charge < -0.3 is 15.8 Å². The second-order valence-electron chi connectivity index (χ2n) is 3.00. The zero-order valence-corrected chi connectivity index (χ0v) is 8.42. The first-order chi connectivity index (χ1) is 7.15. The number of rotatable bonds is 4. The van der Waals surface area contributed by atoms with Crippen LogP contribution in [0.2, 0.25) is 0 Å². The molecule has 0 fully saturated rings. The quantitative estimate of drug-likeness (QED) is 0.741. The Bertz CT molecular complexity index is 335. The van der Waals surface area contributed by atoms with Crippen LogP contribution >= 0.6 is 0 Å². The standard InChI is InChI=1S/C10H13FN2O2/c1-15-6-5-9(14)13-10-7(11)3-2-4-8(10)12/h2-4H,5-6,12H2,1H3,(H,13,14). The number of para-hydroxylation sites is 1. The van der Waals surface area contributed by atoms with E-state index in [2.05, 4.69) is 5.32 Å². The van der Waals surface area contributed by atoms with Crippen molar-refractivity contribution >= 4 is 17.3 Å². The van der Waals surface area contributed by atoms with E-state index in [0.717, 1.165) is 0 Å². The molecule has 3 N–H and O–H groups in total. The third-order valence-corrected chi connectivity index (χ3v) is 1.84. The number of nitrogens with two attached hydrogens (primary N) is 1. The number of amides is 1. The average Bonchev–Trinajstić information content (AvgIpc) is 2.21. The van der Waals surface area contributed by atoms with Gasteiger partial charge in [0.1, 0.15) is 11.5 Å². The van der Waals surface area contributed by atoms with Gasteiger partial charge in [-0.1, -0.05) is 6.07 Å². The Morgan fingerprint density at radius 1 is 1.60 bits per heavy atom. The van der Waals surface area contributed by atoms with Crippen LogP contribution in [0.15, 0.2) is 18.2 Å². The van der Waals surface area contributed by atoms with Crippen molar-refractivity contribution in [3.8, 4) is 0 Å². The van der Waals surface area contributed by atoms with Crippen molar-refractivity contribution in [2.45, 2.75) is 6.42 Å². The largest absolute Gasteiger partial charge is 0.397 e. The fourth-order valence-electron chi connectivity index (χ4n) is 1.07. The number of ether oxygens (including phenoxy) is 1. The summed E-state index contributed by atoms with van der Waals surface area (Å²) in [5, 5.41) is 2.39. The van der Waals surface area contributed by atoms with E-state index in [1.165, 1.54) is 25.3 Å². The number of carbonyl (C=O) groups is 1. The maximum absolute atomic E-state index is 13.2. The van der Waals surface area contributed by atoms with Crippen LogP contribution < -0.4 is 11.1 Å². The summed E-state index contributed by atoms with van der Waals surface area (Å²) in [7, 11) is 1.49. The molecule has 1 aromatic carbocycles. The lowest BCUT2D eigenvalue weighted by Gasteiger charge is -2.08. The van der Waals surface area contributed by atoms with E-state index in [4.69, 9.17) is 10.5 Å². The minimum atomic E-state index is -0.541. The summed E-state index contributed by atoms with van der Waals surface area (Å²) < 4.78 is 17.9. The summed E-state index contributed by atoms with van der Waals surface area (Å²) in [5.41, 5.74) is 5.75. The number of methoxy groups -OCH3 is 1. The maximum Gasteiger partial charge on any atom is 0.226 e. The summed E-state index contributed by atoms with van der Waals surface area (Å²) >= 11 is 0. The fourth-order valence-corrected chi connectivity index (χ4v) is 1.07. The second kappa shape index (κ2) is 5.31. The molecule has 0 saturated carbocycles. The van der Waals surface area contributed by atoms with Gasteiger partial charge in [0.15, 0.2) is 0 Å². The van der Waals surface area contributed by atoms with Gasteiger partial charge >= 0.3 is 0 Å². The Kier molecular flexibility index (Phi) is 4.05. The molecule has 0 radical (unpaired) electrons. The van der Waals surface area contributed by atoms with Gasteiger partial charge in [0.05, 0.1) is 18.7 Å². The highest BCUT2D eigenvalue weighted by atomic mass is 19.1. The fraction of sp³-hybridized carbons (Fsp3) is 0.300. The number of halogens is 1. The van der Waals surface area contributed by atoms with Crippen molar-refractivity contribution in [3.05, 3.63) is 24.0 Å². The van der Waals surface area contributed by atoms with Gasteiger partial charge in [-0.2, -0.15) is 0 Å². The van der Waals surface area contributed by atoms with Gasteiger partial charge in [-0.05, 0) is 12.1 Å². The molecule has 4 nitrogen and oxygen atoms in total. The molecule has 15 heavy (non-hydrogen) atoms. The highest BCUT2D eigenvalue weighted by Crippen LogP contribution is 2.21. The Balaban J connectivity index is 2.68. The minimum absolute atomic E-state index is 0.0265. The van der Waals surface area contributed by atoms with Crippen LogP contribution in [0.25, 0.3) is 0 Å². The Morgan fingerprint density at radius 2 is 2.33 bits per heavy atom. The molecule has 0 spiro atoms. The van der Waals surface area contributed by atoms with Crippen molar-refractivity contribution in [3.63, 3.8) is 0 Å². The van der Waals surface area contributed by atoms with Crippen LogP contribution in [0.1, 0.15) is 6.42 Å². The van der Waals surface area contributed by atoms with E-state index in [0.29, 0.717) is 6.61 Å². The van der Waals surface area contributed by atoms with E-state index >= 15 is 0 Å². The zero-order chi connectivity index (χ0) is 11.3. The monoisotopic (exact) mass is 212 g/mol. The molecule has 0 atom stereocenters. The number of benzene rings is 1. The number of hydrogen-bond donors (Lipinski definition) is 2. The molecule has 0 aliphatic carbocycles. The maximum atomic E-state index is 13.2. The second-order valence-corrected chi connectivity index (χ2v) is 3.00. The van der Waals surface area contributed by atoms with Crippen LogP contribution in [0, 0.1) is 5.82 Å². The Labute approximate surface area is 87.2 Å². The molecule has 0 aliphatic rings. The van der Waals surface area contributed by atoms with Crippen molar-refractivity contribution in [2.24, 2.45) is 0 Å². The molecule has 82 valence electrons. The highest BCUT2D eigenvalue weighted by Gasteiger charge is 2.09. The molecule has 0 aliphatic heterocycles. The predicted molar refractivity (Wildman–Crippen MR) is 55.9 cm³/mol. The first kappa shape index (κ1) is 11.5. The lowest BCUT2D eigenvalue weighted by atomic mass is 10.2. The summed E-state index contributed by atoms with van der Waals surface area (Å²) in [6.45, 7) is 0.292. The first-order valence-corrected chi connectivity index (χ1v) is 4.48. The highest BCUT2D eigenvalue weighted by molar-refractivity contribution is 5.93. The summed E-state index contributed by atoms with van der Waals surface area (Å²) in [6, 6.07) is 4.24. The van der Waals surface area contributed by atoms with Gasteiger partial charge in [-0.3, -0.25) is 4.79 Å². The lowest BCUT2D eigenvalue weighted by Crippen LogP contribution is -2.15. The smallest absolute Gasteiger partial charge is 0.226 e. The summed E-state index contributed by atoms with van der Waals surface area (Å²) in [6.07, 6.45) is 0.171. The molecule has 1 amide bonds. The molecule has 5 heteroatoms. The van der Waals surface area contributed by atoms with Crippen molar-refractivity contribution in [2.75, 3.05) is 24.8 Å². The Morgan fingerprint density at radius 3 is 2.93 bits per heavy atom. The SMILES string of the molecule is COCCC(=O)Nc1c(N)cccc1F. The van der Waals surface area contributed by atoms with Crippen molar-refractivity contribution in [1.29, 1.82) is 0 Å². The average molecular weight is 212 g/mol. The van der Waals surface area contributed by atoms with Crippen LogP contribution in [-0.4, -0.2) is 19.6 Å². The van der Waals surface area contributed by atoms with E-state index in [-0.39, 0.29) is 23.7 Å². The molecule has 0 unspecified atom stereocenters. The van der Waals surface area contributed by atoms with E-state index in [1.807, 2.05) is 0 Å². The molecule has 1 rings (SSSR count). The normalized spacial score (nSPS) is 10.0. The van der Waals surface area contributed by atoms with E-state index in [1.54, 1.807) is 0 Å².